The van der Waals surface area contributed by atoms with Gasteiger partial charge in [-0.05, 0) is 42.9 Å². The normalized spacial score (nSPS) is 20.5. The molecule has 2 aliphatic rings. The highest BCUT2D eigenvalue weighted by Crippen LogP contribution is 2.43. The summed E-state index contributed by atoms with van der Waals surface area (Å²) in [6.07, 6.45) is 5.22. The molecule has 5 nitrogen and oxygen atoms in total. The second kappa shape index (κ2) is 8.80. The first-order chi connectivity index (χ1) is 13.4. The lowest BCUT2D eigenvalue weighted by Crippen LogP contribution is -2.38. The molecule has 1 unspecified atom stereocenters. The van der Waals surface area contributed by atoms with Gasteiger partial charge < -0.3 is 14.7 Å². The Bertz CT molecular complexity index is 744. The summed E-state index contributed by atoms with van der Waals surface area (Å²) < 4.78 is 5.66. The largest absolute Gasteiger partial charge is 0.503 e. The van der Waals surface area contributed by atoms with Gasteiger partial charge in [0.25, 0.3) is 5.91 Å². The highest BCUT2D eigenvalue weighted by atomic mass is 16.5. The molecule has 1 N–H and O–H groups in total. The Kier molecular flexibility index (Phi) is 6.42. The number of amides is 1. The molecule has 0 radical (unpaired) electrons. The van der Waals surface area contributed by atoms with Crippen molar-refractivity contribution in [2.24, 2.45) is 5.92 Å². The van der Waals surface area contributed by atoms with Gasteiger partial charge in [0.1, 0.15) is 5.75 Å². The third kappa shape index (κ3) is 4.08. The Labute approximate surface area is 167 Å². The molecule has 0 spiro atoms. The molecule has 1 aromatic carbocycles. The van der Waals surface area contributed by atoms with Crippen molar-refractivity contribution in [3.63, 3.8) is 0 Å². The molecule has 28 heavy (non-hydrogen) atoms. The summed E-state index contributed by atoms with van der Waals surface area (Å²) in [5, 5.41) is 10.6. The summed E-state index contributed by atoms with van der Waals surface area (Å²) in [7, 11) is 0. The Morgan fingerprint density at radius 1 is 1.21 bits per heavy atom. The minimum atomic E-state index is -0.512. The van der Waals surface area contributed by atoms with Crippen LogP contribution in [-0.2, 0) is 9.59 Å². The number of hydrogen-bond donors (Lipinski definition) is 1. The van der Waals surface area contributed by atoms with Gasteiger partial charge in [0.15, 0.2) is 11.5 Å². The molecule has 1 aliphatic carbocycles. The number of rotatable bonds is 8. The van der Waals surface area contributed by atoms with E-state index in [2.05, 4.69) is 6.92 Å². The van der Waals surface area contributed by atoms with E-state index in [1.807, 2.05) is 38.1 Å². The second-order valence-electron chi connectivity index (χ2n) is 8.25. The number of Topliss-reactive ketones (excluding diaryl/α,β-unsaturated/α-hetero) is 1. The second-order valence-corrected chi connectivity index (χ2v) is 8.25. The van der Waals surface area contributed by atoms with Crippen LogP contribution in [0.25, 0.3) is 0 Å². The predicted molar refractivity (Wildman–Crippen MR) is 108 cm³/mol. The van der Waals surface area contributed by atoms with E-state index in [0.717, 1.165) is 43.4 Å². The van der Waals surface area contributed by atoms with Gasteiger partial charge in [-0.3, -0.25) is 9.59 Å². The van der Waals surface area contributed by atoms with Gasteiger partial charge in [-0.25, -0.2) is 0 Å². The maximum atomic E-state index is 12.9. The van der Waals surface area contributed by atoms with Gasteiger partial charge in [0.2, 0.25) is 0 Å². The molecule has 1 fully saturated rings. The van der Waals surface area contributed by atoms with Gasteiger partial charge >= 0.3 is 0 Å². The lowest BCUT2D eigenvalue weighted by Gasteiger charge is -2.32. The molecule has 1 amide bonds. The zero-order valence-corrected chi connectivity index (χ0v) is 17.1. The predicted octanol–water partition coefficient (Wildman–Crippen LogP) is 4.73. The fourth-order valence-corrected chi connectivity index (χ4v) is 4.24. The van der Waals surface area contributed by atoms with E-state index in [1.54, 1.807) is 4.90 Å². The number of ketones is 1. The maximum absolute atomic E-state index is 12.9. The van der Waals surface area contributed by atoms with Crippen molar-refractivity contribution in [3.05, 3.63) is 41.2 Å². The van der Waals surface area contributed by atoms with Crippen molar-refractivity contribution < 1.29 is 19.4 Å². The summed E-state index contributed by atoms with van der Waals surface area (Å²) in [6, 6.07) is 7.13. The molecule has 3 rings (SSSR count). The van der Waals surface area contributed by atoms with Crippen LogP contribution in [0.3, 0.4) is 0 Å². The molecule has 1 saturated carbocycles. The number of aliphatic hydroxyl groups is 1. The summed E-state index contributed by atoms with van der Waals surface area (Å²) in [5.74, 6) is 0.0151. The molecule has 1 heterocycles. The third-order valence-corrected chi connectivity index (χ3v) is 5.52. The Morgan fingerprint density at radius 3 is 2.43 bits per heavy atom. The zero-order chi connectivity index (χ0) is 20.3. The number of benzene rings is 1. The van der Waals surface area contributed by atoms with Crippen LogP contribution in [-0.4, -0.2) is 34.3 Å². The number of carbonyl (C=O) groups is 2. The van der Waals surface area contributed by atoms with Crippen LogP contribution in [0.15, 0.2) is 35.6 Å². The third-order valence-electron chi connectivity index (χ3n) is 5.52. The quantitative estimate of drug-likeness (QED) is 0.702. The highest BCUT2D eigenvalue weighted by Gasteiger charge is 2.46. The van der Waals surface area contributed by atoms with Crippen LogP contribution in [0.5, 0.6) is 5.75 Å². The minimum absolute atomic E-state index is 0.0695. The minimum Gasteiger partial charge on any atom is -0.503 e. The molecule has 0 saturated heterocycles. The molecule has 152 valence electrons. The first kappa shape index (κ1) is 20.4. The summed E-state index contributed by atoms with van der Waals surface area (Å²) in [6.45, 7) is 6.64. The van der Waals surface area contributed by atoms with E-state index in [0.29, 0.717) is 13.0 Å². The van der Waals surface area contributed by atoms with Gasteiger partial charge in [0, 0.05) is 12.5 Å². The lowest BCUT2D eigenvalue weighted by atomic mass is 9.91. The molecular weight excluding hydrogens is 354 g/mol. The van der Waals surface area contributed by atoms with Crippen molar-refractivity contribution in [3.8, 4) is 5.75 Å². The maximum Gasteiger partial charge on any atom is 0.290 e. The first-order valence-electron chi connectivity index (χ1n) is 10.5. The van der Waals surface area contributed by atoms with E-state index in [1.165, 1.54) is 0 Å². The average Bonchev–Trinajstić information content (AvgIpc) is 3.27. The molecular formula is C23H31NO4. The number of nitrogens with zero attached hydrogens (tertiary/aromatic N) is 1. The van der Waals surface area contributed by atoms with Crippen LogP contribution < -0.4 is 4.74 Å². The van der Waals surface area contributed by atoms with E-state index < -0.39 is 11.9 Å². The summed E-state index contributed by atoms with van der Waals surface area (Å²) in [4.78, 5) is 27.6. The van der Waals surface area contributed by atoms with Crippen molar-refractivity contribution in [2.45, 2.75) is 71.4 Å². The van der Waals surface area contributed by atoms with Crippen molar-refractivity contribution in [2.75, 3.05) is 6.61 Å². The lowest BCUT2D eigenvalue weighted by molar-refractivity contribution is -0.131. The molecule has 1 atom stereocenters. The Balaban J connectivity index is 1.97. The van der Waals surface area contributed by atoms with Crippen LogP contribution in [0, 0.1) is 5.92 Å². The van der Waals surface area contributed by atoms with E-state index in [9.17, 15) is 14.7 Å². The summed E-state index contributed by atoms with van der Waals surface area (Å²) >= 11 is 0. The monoisotopic (exact) mass is 385 g/mol. The number of aliphatic hydroxyl groups excluding tert-OH is 1. The number of ether oxygens (including phenoxy) is 1. The van der Waals surface area contributed by atoms with Crippen LogP contribution >= 0.6 is 0 Å². The molecule has 1 aromatic rings. The van der Waals surface area contributed by atoms with Gasteiger partial charge in [-0.2, -0.15) is 0 Å². The van der Waals surface area contributed by atoms with E-state index in [-0.39, 0.29) is 29.1 Å². The van der Waals surface area contributed by atoms with Crippen LogP contribution in [0.1, 0.15) is 70.9 Å². The SMILES string of the molecule is CCCOc1ccc(C2C(C(=O)CC(C)C)=C(O)C(=O)N2C2CCCC2)cc1. The van der Waals surface area contributed by atoms with Crippen LogP contribution in [0.4, 0.5) is 0 Å². The Morgan fingerprint density at radius 2 is 1.86 bits per heavy atom. The first-order valence-corrected chi connectivity index (χ1v) is 10.5. The molecule has 1 aliphatic heterocycles. The molecule has 5 heteroatoms. The zero-order valence-electron chi connectivity index (χ0n) is 17.1. The average molecular weight is 386 g/mol. The molecule has 0 bridgehead atoms. The standard InChI is InChI=1S/C23H31NO4/c1-4-13-28-18-11-9-16(10-12-18)21-20(19(25)14-15(2)3)22(26)23(27)24(21)17-7-5-6-8-17/h9-12,15,17,21,26H,4-8,13-14H2,1-3H3. The Hall–Kier alpha value is -2.30. The number of carbonyl (C=O) groups excluding carboxylic acids is 2. The van der Waals surface area contributed by atoms with Crippen molar-refractivity contribution in [1.29, 1.82) is 0 Å². The fourth-order valence-electron chi connectivity index (χ4n) is 4.24. The van der Waals surface area contributed by atoms with Gasteiger partial charge in [-0.15, -0.1) is 0 Å². The fraction of sp³-hybridized carbons (Fsp3) is 0.565. The number of hydrogen-bond acceptors (Lipinski definition) is 4. The summed E-state index contributed by atoms with van der Waals surface area (Å²) in [5.41, 5.74) is 1.10. The van der Waals surface area contributed by atoms with E-state index >= 15 is 0 Å². The highest BCUT2D eigenvalue weighted by molar-refractivity contribution is 6.09. The van der Waals surface area contributed by atoms with Gasteiger partial charge in [0.05, 0.1) is 18.2 Å². The van der Waals surface area contributed by atoms with E-state index in [4.69, 9.17) is 4.74 Å². The van der Waals surface area contributed by atoms with Crippen molar-refractivity contribution in [1.82, 2.24) is 4.90 Å². The van der Waals surface area contributed by atoms with Crippen LogP contribution in [0.2, 0.25) is 0 Å². The smallest absolute Gasteiger partial charge is 0.290 e. The molecule has 0 aromatic heterocycles. The van der Waals surface area contributed by atoms with Gasteiger partial charge in [-0.1, -0.05) is 45.7 Å². The topological polar surface area (TPSA) is 66.8 Å². The van der Waals surface area contributed by atoms with Crippen molar-refractivity contribution >= 4 is 11.7 Å².